The third-order valence-electron chi connectivity index (χ3n) is 23.5. The van der Waals surface area contributed by atoms with Gasteiger partial charge in [-0.05, 0) is 39.5 Å². The van der Waals surface area contributed by atoms with Gasteiger partial charge in [0.25, 0.3) is 0 Å². The Morgan fingerprint density at radius 1 is 0.273 bits per heavy atom. The molecule has 7 rings (SSSR count). The van der Waals surface area contributed by atoms with Crippen LogP contribution in [-0.4, -0.2) is 561 Å². The normalized spacial score (nSPS) is 37.3. The number of ether oxygens (including phenoxy) is 12. The van der Waals surface area contributed by atoms with Gasteiger partial charge in [-0.2, -0.15) is 0 Å². The van der Waals surface area contributed by atoms with Crippen molar-refractivity contribution < 1.29 is 238 Å². The van der Waals surface area contributed by atoms with Gasteiger partial charge in [-0.1, -0.05) is 0 Å². The van der Waals surface area contributed by atoms with E-state index in [1.807, 2.05) is 0 Å². The van der Waals surface area contributed by atoms with Crippen molar-refractivity contribution in [1.82, 2.24) is 30.2 Å². The standard InChI is InChI=1S/C74H126N6O48/c1-31(87)3-5-33(63(109)110)77-11-15-79(35(65(113)114)7-9-43(89)75-73(25-117-67-57(103)51(97)45(91)37(19-81)123-67,26-118-68-58(104)52(98)46(92)38(20-82)124-68)27-119-69-59(105)53(99)47(93)39(21-83)125-69)17-13-78(34(64(111)112)6-4-32(2)88)14-18-80(16-12-77)36(66(115)116)8-10-44(90)76-74(28-120-70-60(106)54(100)48(94)40(22-84)126-70,29-121-71-61(107)55(101)49(95)41(23-85)127-71)30-122-72-62(108)56(102)50(96)42(24-86)128-72/h33-42,45-62,67-72,81-86,91-108H,3-30H2,1-2H3,(H,75,89)(H,76,90)(H,109,110)(H,111,112)(H,113,114)(H,115,116)/t33-,34-,35-,36-,37?,38?,39?,40?,41?,42?,45?,46?,47?,48?,49?,50?,51?,52?,53?,54?,55?,56?,57?,58?,59?,60?,61?,62?,67?,68?,69?,70?,71?,72?,73?,74?/m0/s1. The second-order valence-corrected chi connectivity index (χ2v) is 32.8. The van der Waals surface area contributed by atoms with Crippen LogP contribution >= 0.6 is 0 Å². The Balaban J connectivity index is 1.26. The van der Waals surface area contributed by atoms with Gasteiger partial charge in [0.1, 0.15) is 193 Å². The number of carboxylic acid groups (broad SMARTS) is 4. The second kappa shape index (κ2) is 50.8. The first-order valence-corrected chi connectivity index (χ1v) is 41.4. The van der Waals surface area contributed by atoms with Crippen LogP contribution in [0, 0.1) is 0 Å². The number of ketones is 2. The lowest BCUT2D eigenvalue weighted by atomic mass is 9.97. The fourth-order valence-electron chi connectivity index (χ4n) is 15.6. The third-order valence-corrected chi connectivity index (χ3v) is 23.5. The summed E-state index contributed by atoms with van der Waals surface area (Å²) in [6.45, 7) is -15.2. The molecule has 0 aromatic heterocycles. The maximum absolute atomic E-state index is 15.0. The summed E-state index contributed by atoms with van der Waals surface area (Å²) in [5.41, 5.74) is -5.03. The van der Waals surface area contributed by atoms with Crippen LogP contribution in [0.5, 0.6) is 0 Å². The Morgan fingerprint density at radius 2 is 0.430 bits per heavy atom. The molecule has 54 nitrogen and oxygen atoms in total. The van der Waals surface area contributed by atoms with Crippen LogP contribution in [0.25, 0.3) is 0 Å². The topological polar surface area (TPSA) is 851 Å². The largest absolute Gasteiger partial charge is 0.480 e. The van der Waals surface area contributed by atoms with Gasteiger partial charge in [-0.25, -0.2) is 0 Å². The molecule has 7 heterocycles. The predicted octanol–water partition coefficient (Wildman–Crippen LogP) is -18.1. The zero-order valence-corrected chi connectivity index (χ0v) is 69.9. The summed E-state index contributed by atoms with van der Waals surface area (Å²) < 4.78 is 68.6. The summed E-state index contributed by atoms with van der Waals surface area (Å²) in [5.74, 6) is -10.1. The van der Waals surface area contributed by atoms with Crippen LogP contribution < -0.4 is 10.6 Å². The second-order valence-electron chi connectivity index (χ2n) is 32.8. The van der Waals surface area contributed by atoms with Gasteiger partial charge in [0.15, 0.2) is 37.7 Å². The van der Waals surface area contributed by atoms with Crippen molar-refractivity contribution in [3.05, 3.63) is 0 Å². The molecule has 0 bridgehead atoms. The van der Waals surface area contributed by atoms with E-state index in [1.165, 1.54) is 19.6 Å². The van der Waals surface area contributed by atoms with Gasteiger partial charge < -0.3 is 220 Å². The Bertz CT molecular complexity index is 3030. The first-order valence-electron chi connectivity index (χ1n) is 41.4. The van der Waals surface area contributed by atoms with Gasteiger partial charge in [0, 0.05) is 78.0 Å². The summed E-state index contributed by atoms with van der Waals surface area (Å²) >= 11 is 0. The molecule has 30 N–H and O–H groups in total. The highest BCUT2D eigenvalue weighted by atomic mass is 16.8. The molecule has 54 heteroatoms. The number of aliphatic hydroxyl groups is 24. The highest BCUT2D eigenvalue weighted by molar-refractivity contribution is 5.81. The summed E-state index contributed by atoms with van der Waals surface area (Å²) in [6.07, 6.45) is -65.4. The fourth-order valence-corrected chi connectivity index (χ4v) is 15.6. The Labute approximate surface area is 729 Å². The molecule has 7 saturated heterocycles. The number of hydrogen-bond donors (Lipinski definition) is 30. The van der Waals surface area contributed by atoms with Crippen LogP contribution in [-0.2, 0) is 95.2 Å². The molecule has 128 heavy (non-hydrogen) atoms. The number of amides is 2. The molecular weight excluding hydrogens is 1740 g/mol. The maximum Gasteiger partial charge on any atom is 0.320 e. The van der Waals surface area contributed by atoms with Crippen molar-refractivity contribution in [2.75, 3.05) is 132 Å². The lowest BCUT2D eigenvalue weighted by Gasteiger charge is -2.44. The lowest BCUT2D eigenvalue weighted by molar-refractivity contribution is -0.324. The van der Waals surface area contributed by atoms with Gasteiger partial charge >= 0.3 is 23.9 Å². The molecule has 740 valence electrons. The van der Waals surface area contributed by atoms with Gasteiger partial charge in [-0.15, -0.1) is 0 Å². The fraction of sp³-hybridized carbons (Fsp3) is 0.892. The quantitative estimate of drug-likeness (QED) is 0.0269. The molecule has 34 atom stereocenters. The molecule has 30 unspecified atom stereocenters. The number of carboxylic acids is 4. The summed E-state index contributed by atoms with van der Waals surface area (Å²) in [4.78, 5) is 115. The van der Waals surface area contributed by atoms with Crippen molar-refractivity contribution in [1.29, 1.82) is 0 Å². The van der Waals surface area contributed by atoms with Crippen LogP contribution in [0.3, 0.4) is 0 Å². The Hall–Kier alpha value is -5.44. The number of aliphatic carboxylic acids is 4. The van der Waals surface area contributed by atoms with E-state index in [-0.39, 0.29) is 0 Å². The predicted molar refractivity (Wildman–Crippen MR) is 410 cm³/mol. The van der Waals surface area contributed by atoms with Gasteiger partial charge in [0.05, 0.1) is 79.3 Å². The molecule has 0 aromatic rings. The van der Waals surface area contributed by atoms with Crippen LogP contribution in [0.1, 0.15) is 65.2 Å². The average molecular weight is 1870 g/mol. The minimum absolute atomic E-state index is 0.404. The summed E-state index contributed by atoms with van der Waals surface area (Å²) in [7, 11) is 0. The first kappa shape index (κ1) is 110. The van der Waals surface area contributed by atoms with E-state index in [4.69, 9.17) is 56.8 Å². The molecule has 7 aliphatic heterocycles. The number of nitrogens with one attached hydrogen (secondary N) is 2. The van der Waals surface area contributed by atoms with Crippen LogP contribution in [0.2, 0.25) is 0 Å². The number of Topliss-reactive ketones (excluding diaryl/α,β-unsaturated/α-hetero) is 2. The molecule has 0 radical (unpaired) electrons. The van der Waals surface area contributed by atoms with Gasteiger partial charge in [0.2, 0.25) is 11.8 Å². The number of carbonyl (C=O) groups is 8. The summed E-state index contributed by atoms with van der Waals surface area (Å²) in [6, 6.07) is -7.20. The zero-order chi connectivity index (χ0) is 95.3. The molecule has 7 aliphatic rings. The number of nitrogens with zero attached hydrogens (tertiary/aromatic N) is 4. The van der Waals surface area contributed by atoms with E-state index >= 15 is 9.59 Å². The monoisotopic (exact) mass is 1870 g/mol. The number of aliphatic hydroxyl groups excluding tert-OH is 24. The van der Waals surface area contributed by atoms with Crippen LogP contribution in [0.4, 0.5) is 0 Å². The highest BCUT2D eigenvalue weighted by Gasteiger charge is 2.54. The van der Waals surface area contributed by atoms with Gasteiger partial charge in [-0.3, -0.25) is 48.4 Å². The average Bonchev–Trinajstić information content (AvgIpc) is 0.797. The van der Waals surface area contributed by atoms with Crippen molar-refractivity contribution in [3.63, 3.8) is 0 Å². The molecule has 7 fully saturated rings. The van der Waals surface area contributed by atoms with E-state index in [0.717, 1.165) is 13.8 Å². The third kappa shape index (κ3) is 28.8. The SMILES string of the molecule is CC(=O)CC[C@@H](C(=O)O)N1CCN([C@@H](CCC(=O)NC(COC2OC(CO)C(O)C(O)C2O)(COC2OC(CO)C(O)C(O)C2O)COC2OC(CO)C(O)C(O)C2O)C(=O)O)CCN([C@@H](CCC(C)=O)C(=O)O)CCN([C@@H](CCC(=O)NC(COC2OC(CO)C(O)C(O)C2O)(COC2OC(CO)C(O)C(O)C2O)COC2OC(CO)C(O)C(O)C2O)C(=O)O)CC1. The molecule has 0 spiro atoms. The Kier molecular flexibility index (Phi) is 43.5. The molecule has 0 aromatic carbocycles. The molecule has 0 aliphatic carbocycles. The van der Waals surface area contributed by atoms with Crippen molar-refractivity contribution in [2.45, 2.75) is 285 Å². The van der Waals surface area contributed by atoms with Crippen LogP contribution in [0.15, 0.2) is 0 Å². The molecular formula is C74H126N6O48. The van der Waals surface area contributed by atoms with Crippen molar-refractivity contribution in [2.24, 2.45) is 0 Å². The number of rotatable bonds is 46. The number of carbonyl (C=O) groups excluding carboxylic acids is 4. The van der Waals surface area contributed by atoms with E-state index in [0.29, 0.717) is 0 Å². The van der Waals surface area contributed by atoms with E-state index in [1.54, 1.807) is 0 Å². The number of hydrogen-bond acceptors (Lipinski definition) is 48. The molecule has 0 saturated carbocycles. The Morgan fingerprint density at radius 3 is 0.570 bits per heavy atom. The summed E-state index contributed by atoms with van der Waals surface area (Å²) in [5, 5.41) is 305. The maximum atomic E-state index is 15.0. The highest BCUT2D eigenvalue weighted by Crippen LogP contribution is 2.33. The zero-order valence-electron chi connectivity index (χ0n) is 69.9. The van der Waals surface area contributed by atoms with Crippen molar-refractivity contribution >= 4 is 47.3 Å². The van der Waals surface area contributed by atoms with E-state index in [2.05, 4.69) is 10.6 Å². The van der Waals surface area contributed by atoms with E-state index < -0.39 is 450 Å². The minimum atomic E-state index is -2.52. The lowest BCUT2D eigenvalue weighted by Crippen LogP contribution is -2.65. The smallest absolute Gasteiger partial charge is 0.320 e. The van der Waals surface area contributed by atoms with Crippen molar-refractivity contribution in [3.8, 4) is 0 Å². The minimum Gasteiger partial charge on any atom is -0.480 e. The van der Waals surface area contributed by atoms with E-state index in [9.17, 15) is 172 Å². The first-order chi connectivity index (χ1) is 60.4. The molecule has 2 amide bonds.